The fourth-order valence-electron chi connectivity index (χ4n) is 0.386. The van der Waals surface area contributed by atoms with Crippen molar-refractivity contribution in [1.82, 2.24) is 4.98 Å². The van der Waals surface area contributed by atoms with E-state index in [1.54, 1.807) is 6.20 Å². The molecule has 0 radical (unpaired) electrons. The van der Waals surface area contributed by atoms with E-state index in [0.29, 0.717) is 0 Å². The van der Waals surface area contributed by atoms with Gasteiger partial charge >= 0.3 is 51.4 Å². The normalized spacial score (nSPS) is 6.56. The van der Waals surface area contributed by atoms with E-state index in [1.807, 2.05) is 32.9 Å². The van der Waals surface area contributed by atoms with Crippen LogP contribution in [0.25, 0.3) is 0 Å². The van der Waals surface area contributed by atoms with E-state index in [-0.39, 0.29) is 51.4 Å². The summed E-state index contributed by atoms with van der Waals surface area (Å²) in [5, 5.41) is 0. The van der Waals surface area contributed by atoms with Crippen LogP contribution in [-0.4, -0.2) is 0 Å². The molecule has 0 saturated carbocycles. The van der Waals surface area contributed by atoms with Gasteiger partial charge in [-0.3, -0.25) is 0 Å². The molecule has 1 rings (SSSR count). The number of rotatable bonds is 0. The Morgan fingerprint density at radius 2 is 1.89 bits per heavy atom. The van der Waals surface area contributed by atoms with Crippen LogP contribution in [0.2, 0.25) is 0 Å². The molecule has 0 aromatic carbocycles. The van der Waals surface area contributed by atoms with Crippen LogP contribution in [0.15, 0.2) is 18.3 Å². The van der Waals surface area contributed by atoms with Crippen LogP contribution in [0, 0.1) is 6.92 Å². The summed E-state index contributed by atoms with van der Waals surface area (Å²) in [5.74, 6) is 0. The molecule has 0 bridgehead atoms. The third-order valence-corrected chi connectivity index (χ3v) is 0.702. The molecule has 1 heterocycles. The quantitative estimate of drug-likeness (QED) is 0.431. The van der Waals surface area contributed by atoms with Gasteiger partial charge in [-0.1, -0.05) is 32.9 Å². The van der Waals surface area contributed by atoms with Crippen LogP contribution in [0.3, 0.4) is 0 Å². The first-order valence-corrected chi connectivity index (χ1v) is 2.94. The first-order chi connectivity index (χ1) is 3.89. The van der Waals surface area contributed by atoms with Crippen molar-refractivity contribution >= 4 is 0 Å². The van der Waals surface area contributed by atoms with Crippen molar-refractivity contribution in [2.75, 3.05) is 0 Å². The third-order valence-electron chi connectivity index (χ3n) is 0.702. The van der Waals surface area contributed by atoms with Gasteiger partial charge in [0.15, 0.2) is 0 Å². The minimum absolute atomic E-state index is 0. The fraction of sp³-hybridized carbons (Fsp3) is 0.429. The number of aryl methyl sites for hydroxylation is 1. The molecular formula is C7H12KN. The van der Waals surface area contributed by atoms with Crippen LogP contribution < -0.4 is 56.4 Å². The summed E-state index contributed by atoms with van der Waals surface area (Å²) in [6.45, 7) is 5.97. The molecule has 0 aliphatic carbocycles. The average molecular weight is 149 g/mol. The minimum atomic E-state index is 0. The number of hydrogen-bond donors (Lipinski definition) is 0. The molecule has 46 valence electrons. The topological polar surface area (TPSA) is 14.1 Å². The summed E-state index contributed by atoms with van der Waals surface area (Å²) < 4.78 is 0. The van der Waals surface area contributed by atoms with E-state index in [2.05, 4.69) is 4.98 Å². The molecule has 1 aromatic rings. The summed E-state index contributed by atoms with van der Waals surface area (Å²) >= 11 is 0. The van der Waals surface area contributed by atoms with Crippen LogP contribution in [0.4, 0.5) is 0 Å². The Labute approximate surface area is 99.7 Å². The summed E-state index contributed by atoms with van der Waals surface area (Å²) in [6.07, 6.45) is 1.79. The molecule has 2 heteroatoms. The van der Waals surface area contributed by atoms with Crippen molar-refractivity contribution in [3.05, 3.63) is 24.0 Å². The van der Waals surface area contributed by atoms with Gasteiger partial charge < -0.3 is 4.98 Å². The van der Waals surface area contributed by atoms with E-state index < -0.39 is 0 Å². The number of nitrogens with zero attached hydrogens (tertiary/aromatic N) is 1. The largest absolute Gasteiger partial charge is 1.00 e. The molecule has 0 amide bonds. The standard InChI is InChI=1S/C5H6N.C2H6.K/c1-5-3-2-4-6-5;1-2;/h2-4H,1H3;1-2H3;/q-1;;+1. The summed E-state index contributed by atoms with van der Waals surface area (Å²) in [7, 11) is 0. The molecule has 1 aromatic heterocycles. The first-order valence-electron chi connectivity index (χ1n) is 2.94. The predicted octanol–water partition coefficient (Wildman–Crippen LogP) is -1.02. The molecule has 0 fully saturated rings. The van der Waals surface area contributed by atoms with E-state index in [4.69, 9.17) is 0 Å². The Bertz CT molecular complexity index is 112. The van der Waals surface area contributed by atoms with E-state index in [1.165, 1.54) is 0 Å². The zero-order valence-electron chi connectivity index (χ0n) is 6.68. The Morgan fingerprint density at radius 3 is 2.00 bits per heavy atom. The Kier molecular flexibility index (Phi) is 12.5. The molecule has 0 N–H and O–H groups in total. The van der Waals surface area contributed by atoms with Crippen molar-refractivity contribution in [2.24, 2.45) is 0 Å². The Hall–Kier alpha value is 0.916. The van der Waals surface area contributed by atoms with E-state index in [9.17, 15) is 0 Å². The zero-order valence-corrected chi connectivity index (χ0v) is 9.80. The maximum atomic E-state index is 3.92. The Morgan fingerprint density at radius 1 is 1.33 bits per heavy atom. The third kappa shape index (κ3) is 6.81. The van der Waals surface area contributed by atoms with Crippen molar-refractivity contribution in [3.63, 3.8) is 0 Å². The molecule has 0 spiro atoms. The van der Waals surface area contributed by atoms with Crippen molar-refractivity contribution in [3.8, 4) is 0 Å². The molecule has 0 unspecified atom stereocenters. The van der Waals surface area contributed by atoms with Gasteiger partial charge in [0, 0.05) is 0 Å². The number of aromatic nitrogens is 1. The Balaban J connectivity index is 0. The van der Waals surface area contributed by atoms with Gasteiger partial charge in [-0.05, 0) is 0 Å². The molecule has 1 nitrogen and oxygen atoms in total. The summed E-state index contributed by atoms with van der Waals surface area (Å²) in [6, 6.07) is 3.90. The maximum Gasteiger partial charge on any atom is 1.00 e. The van der Waals surface area contributed by atoms with Crippen molar-refractivity contribution in [1.29, 1.82) is 0 Å². The van der Waals surface area contributed by atoms with Gasteiger partial charge in [-0.2, -0.15) is 11.9 Å². The van der Waals surface area contributed by atoms with Crippen LogP contribution in [-0.2, 0) is 0 Å². The van der Waals surface area contributed by atoms with E-state index in [0.717, 1.165) is 5.69 Å². The predicted molar refractivity (Wildman–Crippen MR) is 35.8 cm³/mol. The SMILES string of the molecule is CC.Cc1ccc[n-]1.[K+]. The number of hydrogen-bond acceptors (Lipinski definition) is 0. The van der Waals surface area contributed by atoms with Crippen LogP contribution in [0.1, 0.15) is 19.5 Å². The van der Waals surface area contributed by atoms with Crippen molar-refractivity contribution in [2.45, 2.75) is 20.8 Å². The summed E-state index contributed by atoms with van der Waals surface area (Å²) in [4.78, 5) is 3.92. The average Bonchev–Trinajstić information content (AvgIpc) is 2.24. The minimum Gasteiger partial charge on any atom is -0.668 e. The van der Waals surface area contributed by atoms with Gasteiger partial charge in [-0.15, -0.1) is 0 Å². The molecule has 9 heavy (non-hydrogen) atoms. The molecule has 0 aliphatic rings. The molecule has 0 aliphatic heterocycles. The fourth-order valence-corrected chi connectivity index (χ4v) is 0.386. The van der Waals surface area contributed by atoms with Crippen LogP contribution >= 0.6 is 0 Å². The van der Waals surface area contributed by atoms with Gasteiger partial charge in [-0.25, -0.2) is 0 Å². The van der Waals surface area contributed by atoms with Crippen molar-refractivity contribution < 1.29 is 51.4 Å². The first kappa shape index (κ1) is 12.6. The second-order valence-corrected chi connectivity index (χ2v) is 1.28. The van der Waals surface area contributed by atoms with Gasteiger partial charge in [0.25, 0.3) is 0 Å². The van der Waals surface area contributed by atoms with Gasteiger partial charge in [0.1, 0.15) is 0 Å². The summed E-state index contributed by atoms with van der Waals surface area (Å²) in [5.41, 5.74) is 1.09. The monoisotopic (exact) mass is 149 g/mol. The second-order valence-electron chi connectivity index (χ2n) is 1.28. The van der Waals surface area contributed by atoms with E-state index >= 15 is 0 Å². The smallest absolute Gasteiger partial charge is 0.668 e. The van der Waals surface area contributed by atoms with Gasteiger partial charge in [0.05, 0.1) is 0 Å². The second kappa shape index (κ2) is 8.92. The van der Waals surface area contributed by atoms with Gasteiger partial charge in [0.2, 0.25) is 0 Å². The molecular weight excluding hydrogens is 137 g/mol. The maximum absolute atomic E-state index is 3.92. The zero-order chi connectivity index (χ0) is 6.41. The molecule has 0 saturated heterocycles. The molecule has 0 atom stereocenters. The van der Waals surface area contributed by atoms with Crippen LogP contribution in [0.5, 0.6) is 0 Å².